The van der Waals surface area contributed by atoms with Gasteiger partial charge in [0.15, 0.2) is 11.0 Å². The van der Waals surface area contributed by atoms with Gasteiger partial charge in [-0.15, -0.1) is 4.99 Å². The van der Waals surface area contributed by atoms with Crippen LogP contribution in [0, 0.1) is 11.5 Å². The highest BCUT2D eigenvalue weighted by atomic mass is 32.2. The fraction of sp³-hybridized carbons (Fsp3) is 0.471. The van der Waals surface area contributed by atoms with E-state index >= 15 is 0 Å². The summed E-state index contributed by atoms with van der Waals surface area (Å²) in [4.78, 5) is 17.6. The van der Waals surface area contributed by atoms with E-state index in [9.17, 15) is 9.90 Å². The molecule has 1 aromatic rings. The first-order valence-corrected chi connectivity index (χ1v) is 8.72. The number of hydrogen-bond donors (Lipinski definition) is 1. The summed E-state index contributed by atoms with van der Waals surface area (Å²) in [6.07, 6.45) is 1.00. The van der Waals surface area contributed by atoms with Gasteiger partial charge in [-0.1, -0.05) is 11.8 Å². The molecule has 1 fully saturated rings. The summed E-state index contributed by atoms with van der Waals surface area (Å²) in [5.74, 6) is 1.40. The van der Waals surface area contributed by atoms with Crippen molar-refractivity contribution in [2.45, 2.75) is 38.5 Å². The first-order chi connectivity index (χ1) is 11.3. The largest absolute Gasteiger partial charge is 0.485 e. The number of nitriles is 1. The summed E-state index contributed by atoms with van der Waals surface area (Å²) in [6, 6.07) is 4.87. The molecule has 7 heteroatoms. The molecule has 0 aromatic heterocycles. The molecule has 2 atom stereocenters. The highest BCUT2D eigenvalue weighted by Gasteiger charge is 2.47. The Kier molecular flexibility index (Phi) is 4.28. The van der Waals surface area contributed by atoms with Crippen molar-refractivity contribution < 1.29 is 14.6 Å². The molecule has 1 saturated heterocycles. The van der Waals surface area contributed by atoms with E-state index < -0.39 is 17.7 Å². The first-order valence-electron chi connectivity index (χ1n) is 7.73. The number of aliphatic imine (C=N–C) groups is 1. The number of amidine groups is 1. The Morgan fingerprint density at radius 3 is 2.96 bits per heavy atom. The number of ketones is 1. The van der Waals surface area contributed by atoms with Gasteiger partial charge in [0.1, 0.15) is 17.5 Å². The number of rotatable bonds is 2. The van der Waals surface area contributed by atoms with E-state index in [-0.39, 0.29) is 5.78 Å². The molecule has 6 nitrogen and oxygen atoms in total. The van der Waals surface area contributed by atoms with Crippen LogP contribution in [0.1, 0.15) is 42.7 Å². The van der Waals surface area contributed by atoms with E-state index in [2.05, 4.69) is 4.99 Å². The predicted molar refractivity (Wildman–Crippen MR) is 92.1 cm³/mol. The van der Waals surface area contributed by atoms with Gasteiger partial charge in [0.05, 0.1) is 6.04 Å². The van der Waals surface area contributed by atoms with Crippen molar-refractivity contribution >= 4 is 22.7 Å². The van der Waals surface area contributed by atoms with Crippen molar-refractivity contribution in [3.8, 4) is 11.9 Å². The minimum atomic E-state index is -0.824. The SMILES string of the molecule is CC(=O)c1ccc2c(c1)[C@@H](N1CCSC1=NC#N)[C@H](O)C(C)(C)O2. The van der Waals surface area contributed by atoms with Crippen LogP contribution >= 0.6 is 11.8 Å². The minimum absolute atomic E-state index is 0.0439. The van der Waals surface area contributed by atoms with Crippen molar-refractivity contribution in [2.24, 2.45) is 4.99 Å². The Balaban J connectivity index is 2.13. The molecule has 0 aliphatic carbocycles. The van der Waals surface area contributed by atoms with Crippen LogP contribution in [-0.4, -0.2) is 45.0 Å². The van der Waals surface area contributed by atoms with E-state index in [1.807, 2.05) is 24.9 Å². The molecule has 0 saturated carbocycles. The third kappa shape index (κ3) is 2.76. The Hall–Kier alpha value is -2.04. The quantitative estimate of drug-likeness (QED) is 0.654. The summed E-state index contributed by atoms with van der Waals surface area (Å²) in [6.45, 7) is 5.84. The van der Waals surface area contributed by atoms with Crippen LogP contribution < -0.4 is 4.74 Å². The van der Waals surface area contributed by atoms with Crippen molar-refractivity contribution in [3.63, 3.8) is 0 Å². The van der Waals surface area contributed by atoms with Gasteiger partial charge in [-0.05, 0) is 39.0 Å². The zero-order valence-corrected chi connectivity index (χ0v) is 14.6. The second-order valence-corrected chi connectivity index (χ2v) is 7.50. The first kappa shape index (κ1) is 16.8. The van der Waals surface area contributed by atoms with Gasteiger partial charge in [0.2, 0.25) is 6.19 Å². The Morgan fingerprint density at radius 1 is 1.54 bits per heavy atom. The molecule has 1 aromatic carbocycles. The fourth-order valence-electron chi connectivity index (χ4n) is 3.14. The summed E-state index contributed by atoms with van der Waals surface area (Å²) >= 11 is 1.49. The number of hydrogen-bond acceptors (Lipinski definition) is 6. The topological polar surface area (TPSA) is 85.9 Å². The Labute approximate surface area is 145 Å². The second kappa shape index (κ2) is 6.11. The van der Waals surface area contributed by atoms with Crippen LogP contribution in [0.4, 0.5) is 0 Å². The van der Waals surface area contributed by atoms with Crippen molar-refractivity contribution in [1.82, 2.24) is 4.90 Å². The van der Waals surface area contributed by atoms with Crippen molar-refractivity contribution in [2.75, 3.05) is 12.3 Å². The van der Waals surface area contributed by atoms with Crippen LogP contribution in [0.25, 0.3) is 0 Å². The van der Waals surface area contributed by atoms with Gasteiger partial charge >= 0.3 is 0 Å². The molecule has 0 unspecified atom stereocenters. The third-order valence-corrected chi connectivity index (χ3v) is 5.38. The summed E-state index contributed by atoms with van der Waals surface area (Å²) in [7, 11) is 0. The molecule has 0 amide bonds. The molecule has 3 rings (SSSR count). The summed E-state index contributed by atoms with van der Waals surface area (Å²) in [5.41, 5.74) is 0.531. The molecule has 0 bridgehead atoms. The maximum Gasteiger partial charge on any atom is 0.208 e. The van der Waals surface area contributed by atoms with E-state index in [0.29, 0.717) is 23.0 Å². The standard InChI is InChI=1S/C17H19N3O3S/c1-10(21)11-4-5-13-12(8-11)14(15(22)17(2,3)23-13)20-6-7-24-16(20)19-9-18/h4-5,8,14-15,22H,6-7H2,1-3H3/t14-,15+/m1/s1. The maximum atomic E-state index is 11.7. The number of ether oxygens (including phenoxy) is 1. The van der Waals surface area contributed by atoms with Crippen molar-refractivity contribution in [3.05, 3.63) is 29.3 Å². The lowest BCUT2D eigenvalue weighted by Gasteiger charge is -2.45. The monoisotopic (exact) mass is 345 g/mol. The molecule has 126 valence electrons. The normalized spacial score (nSPS) is 26.6. The number of carbonyl (C=O) groups is 1. The molecule has 2 aliphatic rings. The molecule has 24 heavy (non-hydrogen) atoms. The zero-order chi connectivity index (χ0) is 17.5. The highest BCUT2D eigenvalue weighted by Crippen LogP contribution is 2.45. The average molecular weight is 345 g/mol. The number of Topliss-reactive ketones (excluding diaryl/α,β-unsaturated/α-hetero) is 1. The third-order valence-electron chi connectivity index (χ3n) is 4.41. The second-order valence-electron chi connectivity index (χ2n) is 6.44. The van der Waals surface area contributed by atoms with Crippen molar-refractivity contribution in [1.29, 1.82) is 5.26 Å². The summed E-state index contributed by atoms with van der Waals surface area (Å²) < 4.78 is 5.95. The lowest BCUT2D eigenvalue weighted by Crippen LogP contribution is -2.53. The molecular formula is C17H19N3O3S. The van der Waals surface area contributed by atoms with Gasteiger partial charge in [0.25, 0.3) is 0 Å². The van der Waals surface area contributed by atoms with Gasteiger partial charge in [-0.25, -0.2) is 0 Å². The average Bonchev–Trinajstić information content (AvgIpc) is 2.96. The Bertz CT molecular complexity index is 754. The van der Waals surface area contributed by atoms with E-state index in [1.54, 1.807) is 18.2 Å². The number of benzene rings is 1. The predicted octanol–water partition coefficient (Wildman–Crippen LogP) is 2.35. The highest BCUT2D eigenvalue weighted by molar-refractivity contribution is 8.14. The fourth-order valence-corrected chi connectivity index (χ4v) is 4.08. The molecule has 1 N–H and O–H groups in total. The molecule has 2 heterocycles. The van der Waals surface area contributed by atoms with Crippen LogP contribution in [0.15, 0.2) is 23.2 Å². The summed E-state index contributed by atoms with van der Waals surface area (Å²) in [5, 5.41) is 20.4. The van der Waals surface area contributed by atoms with Gasteiger partial charge in [0, 0.05) is 23.4 Å². The van der Waals surface area contributed by atoms with E-state index in [0.717, 1.165) is 11.3 Å². The van der Waals surface area contributed by atoms with Crippen LogP contribution in [0.2, 0.25) is 0 Å². The zero-order valence-electron chi connectivity index (χ0n) is 13.8. The number of aliphatic hydroxyl groups is 1. The lowest BCUT2D eigenvalue weighted by molar-refractivity contribution is -0.0800. The maximum absolute atomic E-state index is 11.7. The van der Waals surface area contributed by atoms with Crippen LogP contribution in [0.5, 0.6) is 5.75 Å². The molecule has 2 aliphatic heterocycles. The smallest absolute Gasteiger partial charge is 0.208 e. The Morgan fingerprint density at radius 2 is 2.29 bits per heavy atom. The number of nitrogens with zero attached hydrogens (tertiary/aromatic N) is 3. The number of carbonyl (C=O) groups excluding carboxylic acids is 1. The van der Waals surface area contributed by atoms with Crippen LogP contribution in [-0.2, 0) is 0 Å². The van der Waals surface area contributed by atoms with Gasteiger partial charge in [-0.3, -0.25) is 4.79 Å². The molecule has 0 radical (unpaired) electrons. The van der Waals surface area contributed by atoms with E-state index in [4.69, 9.17) is 10.00 Å². The molecular weight excluding hydrogens is 326 g/mol. The lowest BCUT2D eigenvalue weighted by atomic mass is 9.85. The van der Waals surface area contributed by atoms with Gasteiger partial charge in [-0.2, -0.15) is 5.26 Å². The minimum Gasteiger partial charge on any atom is -0.485 e. The molecule has 0 spiro atoms. The number of thioether (sulfide) groups is 1. The van der Waals surface area contributed by atoms with Crippen LogP contribution in [0.3, 0.4) is 0 Å². The number of aliphatic hydroxyl groups excluding tert-OH is 1. The van der Waals surface area contributed by atoms with E-state index in [1.165, 1.54) is 18.7 Å². The number of fused-ring (bicyclic) bond motifs is 1. The van der Waals surface area contributed by atoms with Gasteiger partial charge < -0.3 is 14.7 Å².